The lowest BCUT2D eigenvalue weighted by atomic mass is 10.1. The molecule has 112 valence electrons. The van der Waals surface area contributed by atoms with Crippen LogP contribution in [0.25, 0.3) is 0 Å². The molecule has 1 heterocycles. The molecule has 3 nitrogen and oxygen atoms in total. The molecule has 0 saturated carbocycles. The Bertz CT molecular complexity index is 466. The van der Waals surface area contributed by atoms with Crippen LogP contribution in [0, 0.1) is 5.92 Å². The molecule has 1 saturated heterocycles. The second-order valence-corrected chi connectivity index (χ2v) is 7.20. The van der Waals surface area contributed by atoms with Crippen molar-refractivity contribution < 1.29 is 0 Å². The van der Waals surface area contributed by atoms with Crippen LogP contribution in [0.3, 0.4) is 0 Å². The minimum Gasteiger partial charge on any atom is -0.329 e. The summed E-state index contributed by atoms with van der Waals surface area (Å²) >= 11 is 9.85. The van der Waals surface area contributed by atoms with Crippen LogP contribution in [-0.2, 0) is 0 Å². The number of hydrogen-bond acceptors (Lipinski definition) is 3. The first-order valence-electron chi connectivity index (χ1n) is 6.99. The molecule has 0 bridgehead atoms. The van der Waals surface area contributed by atoms with E-state index in [1.807, 2.05) is 12.1 Å². The van der Waals surface area contributed by atoms with E-state index in [2.05, 4.69) is 52.8 Å². The lowest BCUT2D eigenvalue weighted by Gasteiger charge is -2.28. The van der Waals surface area contributed by atoms with Crippen molar-refractivity contribution in [1.29, 1.82) is 0 Å². The van der Waals surface area contributed by atoms with Gasteiger partial charge in [0.1, 0.15) is 0 Å². The van der Waals surface area contributed by atoms with E-state index in [0.717, 1.165) is 28.1 Å². The fourth-order valence-electron chi connectivity index (χ4n) is 3.16. The topological polar surface area (TPSA) is 32.5 Å². The maximum atomic E-state index is 6.39. The second kappa shape index (κ2) is 6.75. The molecular formula is C15H23BrClN3. The Morgan fingerprint density at radius 1 is 1.45 bits per heavy atom. The van der Waals surface area contributed by atoms with Crippen molar-refractivity contribution in [1.82, 2.24) is 9.80 Å². The first kappa shape index (κ1) is 16.2. The SMILES string of the molecule is CC1CN(C(CN)c2ccc(Br)cc2Cl)CC1N(C)C. The van der Waals surface area contributed by atoms with Crippen molar-refractivity contribution >= 4 is 27.5 Å². The van der Waals surface area contributed by atoms with Gasteiger partial charge in [-0.3, -0.25) is 4.90 Å². The van der Waals surface area contributed by atoms with Gasteiger partial charge in [-0.2, -0.15) is 0 Å². The summed E-state index contributed by atoms with van der Waals surface area (Å²) in [6.45, 7) is 5.01. The summed E-state index contributed by atoms with van der Waals surface area (Å²) in [4.78, 5) is 4.77. The summed E-state index contributed by atoms with van der Waals surface area (Å²) < 4.78 is 1.00. The normalized spacial score (nSPS) is 25.4. The minimum atomic E-state index is 0.197. The highest BCUT2D eigenvalue weighted by Gasteiger charge is 2.35. The molecule has 0 aromatic heterocycles. The summed E-state index contributed by atoms with van der Waals surface area (Å²) in [5, 5.41) is 0.788. The van der Waals surface area contributed by atoms with Gasteiger partial charge in [0.05, 0.1) is 0 Å². The zero-order valence-corrected chi connectivity index (χ0v) is 14.7. The highest BCUT2D eigenvalue weighted by molar-refractivity contribution is 9.10. The van der Waals surface area contributed by atoms with Crippen molar-refractivity contribution in [3.63, 3.8) is 0 Å². The molecule has 0 amide bonds. The molecule has 3 unspecified atom stereocenters. The van der Waals surface area contributed by atoms with Crippen LogP contribution >= 0.6 is 27.5 Å². The van der Waals surface area contributed by atoms with Gasteiger partial charge in [-0.15, -0.1) is 0 Å². The molecule has 5 heteroatoms. The van der Waals surface area contributed by atoms with Gasteiger partial charge in [0.15, 0.2) is 0 Å². The van der Waals surface area contributed by atoms with Crippen LogP contribution in [0.5, 0.6) is 0 Å². The van der Waals surface area contributed by atoms with E-state index in [-0.39, 0.29) is 6.04 Å². The number of likely N-dealkylation sites (N-methyl/N-ethyl adjacent to an activating group) is 1. The summed E-state index contributed by atoms with van der Waals surface area (Å²) in [5.41, 5.74) is 7.16. The van der Waals surface area contributed by atoms with Crippen LogP contribution < -0.4 is 5.73 Å². The van der Waals surface area contributed by atoms with Gasteiger partial charge < -0.3 is 10.6 Å². The highest BCUT2D eigenvalue weighted by atomic mass is 79.9. The molecule has 3 atom stereocenters. The maximum Gasteiger partial charge on any atom is 0.0486 e. The van der Waals surface area contributed by atoms with E-state index < -0.39 is 0 Å². The molecule has 20 heavy (non-hydrogen) atoms. The number of halogens is 2. The third kappa shape index (κ3) is 3.37. The van der Waals surface area contributed by atoms with Crippen LogP contribution in [0.15, 0.2) is 22.7 Å². The number of hydrogen-bond donors (Lipinski definition) is 1. The average molecular weight is 361 g/mol. The van der Waals surface area contributed by atoms with Crippen molar-refractivity contribution in [3.8, 4) is 0 Å². The fourth-order valence-corrected chi connectivity index (χ4v) is 3.96. The third-order valence-corrected chi connectivity index (χ3v) is 5.07. The molecule has 1 aliphatic heterocycles. The summed E-state index contributed by atoms with van der Waals surface area (Å²) in [6, 6.07) is 6.84. The van der Waals surface area contributed by atoms with Crippen molar-refractivity contribution in [3.05, 3.63) is 33.3 Å². The van der Waals surface area contributed by atoms with Crippen molar-refractivity contribution in [2.45, 2.75) is 19.0 Å². The molecule has 1 fully saturated rings. The van der Waals surface area contributed by atoms with Crippen molar-refractivity contribution in [2.75, 3.05) is 33.7 Å². The largest absolute Gasteiger partial charge is 0.329 e. The molecule has 0 radical (unpaired) electrons. The van der Waals surface area contributed by atoms with E-state index >= 15 is 0 Å². The summed E-state index contributed by atoms with van der Waals surface area (Å²) in [6.07, 6.45) is 0. The quantitative estimate of drug-likeness (QED) is 0.896. The smallest absolute Gasteiger partial charge is 0.0486 e. The average Bonchev–Trinajstić information content (AvgIpc) is 2.75. The fraction of sp³-hybridized carbons (Fsp3) is 0.600. The van der Waals surface area contributed by atoms with Gasteiger partial charge in [-0.25, -0.2) is 0 Å². The Morgan fingerprint density at radius 3 is 2.65 bits per heavy atom. The van der Waals surface area contributed by atoms with Gasteiger partial charge in [0.25, 0.3) is 0 Å². The lowest BCUT2D eigenvalue weighted by molar-refractivity contribution is 0.219. The molecule has 0 spiro atoms. The van der Waals surface area contributed by atoms with Gasteiger partial charge in [0, 0.05) is 41.2 Å². The van der Waals surface area contributed by atoms with Gasteiger partial charge in [-0.1, -0.05) is 40.5 Å². The van der Waals surface area contributed by atoms with Gasteiger partial charge in [0.2, 0.25) is 0 Å². The predicted molar refractivity (Wildman–Crippen MR) is 89.2 cm³/mol. The highest BCUT2D eigenvalue weighted by Crippen LogP contribution is 2.33. The summed E-state index contributed by atoms with van der Waals surface area (Å²) in [7, 11) is 4.30. The number of rotatable bonds is 4. The Hall–Kier alpha value is -0.130. The number of likely N-dealkylation sites (tertiary alicyclic amines) is 1. The zero-order valence-electron chi connectivity index (χ0n) is 12.3. The maximum absolute atomic E-state index is 6.39. The Morgan fingerprint density at radius 2 is 2.15 bits per heavy atom. The molecule has 1 aromatic rings. The minimum absolute atomic E-state index is 0.197. The third-order valence-electron chi connectivity index (χ3n) is 4.25. The molecule has 2 rings (SSSR count). The molecule has 0 aliphatic carbocycles. The van der Waals surface area contributed by atoms with E-state index in [1.54, 1.807) is 0 Å². The Labute approximate surface area is 135 Å². The first-order chi connectivity index (χ1) is 9.43. The van der Waals surface area contributed by atoms with E-state index in [4.69, 9.17) is 17.3 Å². The van der Waals surface area contributed by atoms with Crippen LogP contribution in [0.4, 0.5) is 0 Å². The van der Waals surface area contributed by atoms with Crippen LogP contribution in [0.1, 0.15) is 18.5 Å². The number of benzene rings is 1. The molecule has 2 N–H and O–H groups in total. The molecule has 1 aromatic carbocycles. The van der Waals surface area contributed by atoms with Gasteiger partial charge in [-0.05, 0) is 37.7 Å². The first-order valence-corrected chi connectivity index (χ1v) is 8.16. The Kier molecular flexibility index (Phi) is 5.49. The van der Waals surface area contributed by atoms with Crippen LogP contribution in [0.2, 0.25) is 5.02 Å². The predicted octanol–water partition coefficient (Wildman–Crippen LogP) is 2.98. The number of nitrogens with two attached hydrogens (primary N) is 1. The van der Waals surface area contributed by atoms with Crippen LogP contribution in [-0.4, -0.2) is 49.6 Å². The van der Waals surface area contributed by atoms with E-state index in [0.29, 0.717) is 18.5 Å². The second-order valence-electron chi connectivity index (χ2n) is 5.88. The number of nitrogens with zero attached hydrogens (tertiary/aromatic N) is 2. The molecule has 1 aliphatic rings. The standard InChI is InChI=1S/C15H23BrClN3/c1-10-8-20(9-15(10)19(2)3)14(7-18)12-5-4-11(16)6-13(12)17/h4-6,10,14-15H,7-9,18H2,1-3H3. The monoisotopic (exact) mass is 359 g/mol. The van der Waals surface area contributed by atoms with Crippen molar-refractivity contribution in [2.24, 2.45) is 11.7 Å². The van der Waals surface area contributed by atoms with E-state index in [9.17, 15) is 0 Å². The zero-order chi connectivity index (χ0) is 14.9. The van der Waals surface area contributed by atoms with E-state index in [1.165, 1.54) is 0 Å². The summed E-state index contributed by atoms with van der Waals surface area (Å²) in [5.74, 6) is 0.647. The Balaban J connectivity index is 2.21. The van der Waals surface area contributed by atoms with Gasteiger partial charge >= 0.3 is 0 Å². The lowest BCUT2D eigenvalue weighted by Crippen LogP contribution is -2.36. The molecular weight excluding hydrogens is 338 g/mol.